The van der Waals surface area contributed by atoms with E-state index in [9.17, 15) is 0 Å². The van der Waals surface area contributed by atoms with E-state index in [0.717, 1.165) is 41.7 Å². The Labute approximate surface area is 124 Å². The number of nitrogens with one attached hydrogen (secondary N) is 1. The molecule has 0 aromatic carbocycles. The van der Waals surface area contributed by atoms with Gasteiger partial charge in [0, 0.05) is 19.2 Å². The van der Waals surface area contributed by atoms with Gasteiger partial charge in [-0.15, -0.1) is 0 Å². The van der Waals surface area contributed by atoms with Gasteiger partial charge in [0.15, 0.2) is 0 Å². The normalized spacial score (nSPS) is 11.2. The molecule has 0 saturated carbocycles. The van der Waals surface area contributed by atoms with Crippen molar-refractivity contribution in [3.63, 3.8) is 0 Å². The minimum absolute atomic E-state index is 0.680. The van der Waals surface area contributed by atoms with E-state index in [2.05, 4.69) is 22.3 Å². The molecular weight excluding hydrogens is 272 g/mol. The summed E-state index contributed by atoms with van der Waals surface area (Å²) in [7, 11) is 1.96. The molecule has 0 atom stereocenters. The van der Waals surface area contributed by atoms with Crippen molar-refractivity contribution in [3.8, 4) is 0 Å². The average Bonchev–Trinajstić information content (AvgIpc) is 2.83. The fourth-order valence-corrected chi connectivity index (χ4v) is 3.00. The predicted octanol–water partition coefficient (Wildman–Crippen LogP) is 2.98. The molecule has 0 radical (unpaired) electrons. The molecule has 0 aliphatic rings. The second-order valence-electron chi connectivity index (χ2n) is 4.89. The first-order valence-electron chi connectivity index (χ1n) is 6.88. The molecule has 2 aromatic heterocycles. The lowest BCUT2D eigenvalue weighted by Gasteiger charge is -2.05. The molecule has 20 heavy (non-hydrogen) atoms. The molecule has 0 aliphatic carbocycles. The van der Waals surface area contributed by atoms with Crippen molar-refractivity contribution >= 4 is 11.8 Å². The Balaban J connectivity index is 2.21. The largest absolute Gasteiger partial charge is 0.436 e. The number of hydrogen-bond donors (Lipinski definition) is 1. The fourth-order valence-electron chi connectivity index (χ4n) is 1.97. The van der Waals surface area contributed by atoms with E-state index in [0.29, 0.717) is 5.22 Å². The van der Waals surface area contributed by atoms with Gasteiger partial charge in [-0.1, -0.05) is 6.92 Å². The minimum atomic E-state index is 0.680. The number of oxazole rings is 1. The van der Waals surface area contributed by atoms with Crippen LogP contribution in [0.3, 0.4) is 0 Å². The van der Waals surface area contributed by atoms with E-state index in [1.165, 1.54) is 17.3 Å². The van der Waals surface area contributed by atoms with Gasteiger partial charge in [0.1, 0.15) is 10.8 Å². The lowest BCUT2D eigenvalue weighted by atomic mass is 10.2. The summed E-state index contributed by atoms with van der Waals surface area (Å²) in [5, 5.41) is 9.70. The molecule has 0 spiro atoms. The third kappa shape index (κ3) is 3.24. The van der Waals surface area contributed by atoms with Gasteiger partial charge in [-0.25, -0.2) is 4.98 Å². The number of hydrogen-bond acceptors (Lipinski definition) is 5. The van der Waals surface area contributed by atoms with Gasteiger partial charge in [-0.05, 0) is 45.5 Å². The number of nitrogens with zero attached hydrogens (tertiary/aromatic N) is 3. The molecule has 5 nitrogen and oxygen atoms in total. The average molecular weight is 294 g/mol. The van der Waals surface area contributed by atoms with Gasteiger partial charge >= 0.3 is 0 Å². The Morgan fingerprint density at radius 2 is 2.00 bits per heavy atom. The highest BCUT2D eigenvalue weighted by molar-refractivity contribution is 7.99. The maximum absolute atomic E-state index is 5.65. The van der Waals surface area contributed by atoms with Crippen LogP contribution in [0.1, 0.15) is 36.1 Å². The second kappa shape index (κ2) is 6.45. The number of aryl methyl sites for hydroxylation is 4. The maximum atomic E-state index is 5.65. The zero-order chi connectivity index (χ0) is 14.7. The van der Waals surface area contributed by atoms with Crippen molar-refractivity contribution < 1.29 is 4.42 Å². The van der Waals surface area contributed by atoms with E-state index >= 15 is 0 Å². The highest BCUT2D eigenvalue weighted by atomic mass is 32.2. The van der Waals surface area contributed by atoms with Crippen LogP contribution in [0.5, 0.6) is 0 Å². The molecule has 2 rings (SSSR count). The number of aromatic nitrogens is 3. The second-order valence-corrected chi connectivity index (χ2v) is 5.83. The van der Waals surface area contributed by atoms with Crippen LogP contribution in [0.25, 0.3) is 0 Å². The summed E-state index contributed by atoms with van der Waals surface area (Å²) in [4.78, 5) is 4.43. The summed E-state index contributed by atoms with van der Waals surface area (Å²) in [5.41, 5.74) is 3.22. The molecule has 2 heterocycles. The number of rotatable bonds is 6. The molecule has 2 aromatic rings. The minimum Gasteiger partial charge on any atom is -0.436 e. The topological polar surface area (TPSA) is 55.9 Å². The summed E-state index contributed by atoms with van der Waals surface area (Å²) in [6.07, 6.45) is 1.12. The van der Waals surface area contributed by atoms with Gasteiger partial charge in [-0.2, -0.15) is 5.10 Å². The van der Waals surface area contributed by atoms with Gasteiger partial charge in [0.2, 0.25) is 0 Å². The predicted molar refractivity (Wildman–Crippen MR) is 80.0 cm³/mol. The van der Waals surface area contributed by atoms with Crippen LogP contribution >= 0.6 is 11.8 Å². The molecule has 6 heteroatoms. The van der Waals surface area contributed by atoms with E-state index in [1.807, 2.05) is 32.5 Å². The Bertz CT molecular complexity index is 569. The van der Waals surface area contributed by atoms with Crippen molar-refractivity contribution in [1.29, 1.82) is 0 Å². The van der Waals surface area contributed by atoms with Crippen LogP contribution in [0, 0.1) is 20.8 Å². The van der Waals surface area contributed by atoms with E-state index in [-0.39, 0.29) is 0 Å². The summed E-state index contributed by atoms with van der Waals surface area (Å²) in [6, 6.07) is 0. The third-order valence-electron chi connectivity index (χ3n) is 3.21. The molecule has 0 saturated heterocycles. The molecule has 0 bridgehead atoms. The van der Waals surface area contributed by atoms with Gasteiger partial charge in [-0.3, -0.25) is 4.68 Å². The van der Waals surface area contributed by atoms with Crippen LogP contribution < -0.4 is 5.32 Å². The Hall–Kier alpha value is -1.27. The Morgan fingerprint density at radius 3 is 2.60 bits per heavy atom. The van der Waals surface area contributed by atoms with Crippen molar-refractivity contribution in [2.45, 2.75) is 50.9 Å². The van der Waals surface area contributed by atoms with Crippen LogP contribution in [-0.4, -0.2) is 21.3 Å². The van der Waals surface area contributed by atoms with Crippen LogP contribution in [-0.2, 0) is 13.6 Å². The quantitative estimate of drug-likeness (QED) is 0.830. The van der Waals surface area contributed by atoms with Crippen LogP contribution in [0.2, 0.25) is 0 Å². The monoisotopic (exact) mass is 294 g/mol. The van der Waals surface area contributed by atoms with Gasteiger partial charge < -0.3 is 9.73 Å². The molecule has 1 N–H and O–H groups in total. The van der Waals surface area contributed by atoms with Crippen LogP contribution in [0.4, 0.5) is 0 Å². The smallest absolute Gasteiger partial charge is 0.262 e. The van der Waals surface area contributed by atoms with Crippen molar-refractivity contribution in [1.82, 2.24) is 20.1 Å². The maximum Gasteiger partial charge on any atom is 0.262 e. The van der Waals surface area contributed by atoms with Crippen LogP contribution in [0.15, 0.2) is 14.7 Å². The summed E-state index contributed by atoms with van der Waals surface area (Å²) >= 11 is 1.54. The first-order chi connectivity index (χ1) is 9.52. The summed E-state index contributed by atoms with van der Waals surface area (Å²) in [5.74, 6) is 0.872. The summed E-state index contributed by atoms with van der Waals surface area (Å²) < 4.78 is 7.55. The van der Waals surface area contributed by atoms with E-state index in [1.54, 1.807) is 0 Å². The van der Waals surface area contributed by atoms with Crippen molar-refractivity contribution in [2.75, 3.05) is 6.54 Å². The zero-order valence-corrected chi connectivity index (χ0v) is 13.6. The van der Waals surface area contributed by atoms with Crippen molar-refractivity contribution in [2.24, 2.45) is 7.05 Å². The fraction of sp³-hybridized carbons (Fsp3) is 0.571. The summed E-state index contributed by atoms with van der Waals surface area (Å²) in [6.45, 7) is 9.94. The lowest BCUT2D eigenvalue weighted by molar-refractivity contribution is 0.430. The lowest BCUT2D eigenvalue weighted by Crippen LogP contribution is -2.14. The Kier molecular flexibility index (Phi) is 4.88. The standard InChI is InChI=1S/C14H22N4OS/c1-6-7-15-8-12-10(3)17-18(5)13(12)20-14-16-9(2)11(4)19-14/h15H,6-8H2,1-5H3. The molecule has 110 valence electrons. The molecule has 0 amide bonds. The van der Waals surface area contributed by atoms with E-state index < -0.39 is 0 Å². The van der Waals surface area contributed by atoms with Gasteiger partial charge in [0.05, 0.1) is 11.4 Å². The molecule has 0 fully saturated rings. The highest BCUT2D eigenvalue weighted by Crippen LogP contribution is 2.32. The SMILES string of the molecule is CCCNCc1c(C)nn(C)c1Sc1nc(C)c(C)o1. The molecule has 0 unspecified atom stereocenters. The zero-order valence-electron chi connectivity index (χ0n) is 12.8. The van der Waals surface area contributed by atoms with Gasteiger partial charge in [0.25, 0.3) is 5.22 Å². The molecular formula is C14H22N4OS. The highest BCUT2D eigenvalue weighted by Gasteiger charge is 2.17. The Morgan fingerprint density at radius 1 is 1.25 bits per heavy atom. The third-order valence-corrected chi connectivity index (χ3v) is 4.26. The first-order valence-corrected chi connectivity index (χ1v) is 7.69. The first kappa shape index (κ1) is 15.1. The molecule has 0 aliphatic heterocycles. The van der Waals surface area contributed by atoms with E-state index in [4.69, 9.17) is 4.42 Å². The van der Waals surface area contributed by atoms with Crippen molar-refractivity contribution in [3.05, 3.63) is 22.7 Å².